The van der Waals surface area contributed by atoms with Gasteiger partial charge in [-0.25, -0.2) is 4.79 Å². The molecule has 0 amide bonds. The summed E-state index contributed by atoms with van der Waals surface area (Å²) in [5.41, 5.74) is 5.89. The van der Waals surface area contributed by atoms with Gasteiger partial charge in [0, 0.05) is 17.4 Å². The topological polar surface area (TPSA) is 131 Å². The number of rotatable bonds is 9. The number of carboxylic acids is 1. The molecule has 43 heavy (non-hydrogen) atoms. The molecular weight excluding hydrogens is 562 g/mol. The van der Waals surface area contributed by atoms with E-state index in [2.05, 4.69) is 60.7 Å². The van der Waals surface area contributed by atoms with E-state index in [1.54, 1.807) is 28.1 Å². The molecule has 1 aliphatic carbocycles. The van der Waals surface area contributed by atoms with Crippen molar-refractivity contribution < 1.29 is 20.1 Å². The number of aromatic carboxylic acids is 1. The number of benzene rings is 2. The average molecular weight is 606 g/mol. The number of aryl methyl sites for hydroxylation is 3. The van der Waals surface area contributed by atoms with Crippen LogP contribution in [-0.2, 0) is 12.8 Å². The lowest BCUT2D eigenvalue weighted by Crippen LogP contribution is -2.09. The molecule has 2 aromatic heterocycles. The van der Waals surface area contributed by atoms with Crippen molar-refractivity contribution in [2.24, 2.45) is 10.2 Å². The number of aromatic hydroxyl groups is 2. The monoisotopic (exact) mass is 605 g/mol. The van der Waals surface area contributed by atoms with Crippen molar-refractivity contribution in [3.8, 4) is 28.4 Å². The maximum absolute atomic E-state index is 11.2. The van der Waals surface area contributed by atoms with E-state index in [-0.39, 0.29) is 22.2 Å². The second kappa shape index (κ2) is 16.6. The number of azo groups is 1. The Hall–Kier alpha value is -3.99. The first-order valence-corrected chi connectivity index (χ1v) is 15.6. The van der Waals surface area contributed by atoms with E-state index < -0.39 is 5.97 Å². The highest BCUT2D eigenvalue weighted by Crippen LogP contribution is 2.41. The van der Waals surface area contributed by atoms with Gasteiger partial charge in [-0.15, -0.1) is 21.6 Å². The number of hydrogen-bond acceptors (Lipinski definition) is 8. The highest BCUT2D eigenvalue weighted by atomic mass is 32.1. The molecule has 0 aliphatic heterocycles. The normalized spacial score (nSPS) is 11.9. The second-order valence-corrected chi connectivity index (χ2v) is 10.9. The number of nitrogens with one attached hydrogen (secondary N) is 2. The Bertz CT molecular complexity index is 1520. The van der Waals surface area contributed by atoms with Crippen LogP contribution >= 0.6 is 11.3 Å². The van der Waals surface area contributed by atoms with Gasteiger partial charge in [0.2, 0.25) is 5.88 Å². The Morgan fingerprint density at radius 1 is 0.930 bits per heavy atom. The van der Waals surface area contributed by atoms with Crippen LogP contribution in [0.2, 0.25) is 0 Å². The predicted molar refractivity (Wildman–Crippen MR) is 175 cm³/mol. The van der Waals surface area contributed by atoms with Gasteiger partial charge in [-0.1, -0.05) is 45.9 Å². The molecule has 10 heteroatoms. The fourth-order valence-corrected chi connectivity index (χ4v) is 5.42. The quantitative estimate of drug-likeness (QED) is 0.124. The van der Waals surface area contributed by atoms with E-state index in [0.717, 1.165) is 68.0 Å². The zero-order valence-corrected chi connectivity index (χ0v) is 26.5. The molecule has 1 aliphatic rings. The van der Waals surface area contributed by atoms with Gasteiger partial charge in [0.25, 0.3) is 0 Å². The van der Waals surface area contributed by atoms with Gasteiger partial charge >= 0.3 is 5.97 Å². The molecule has 2 aromatic carbocycles. The third kappa shape index (κ3) is 8.76. The lowest BCUT2D eigenvalue weighted by atomic mass is 10.1. The van der Waals surface area contributed by atoms with Gasteiger partial charge in [-0.2, -0.15) is 0 Å². The van der Waals surface area contributed by atoms with Crippen molar-refractivity contribution in [1.29, 1.82) is 0 Å². The minimum Gasteiger partial charge on any atom is -0.505 e. The van der Waals surface area contributed by atoms with E-state index in [1.165, 1.54) is 17.2 Å². The predicted octanol–water partition coefficient (Wildman–Crippen LogP) is 7.76. The number of aromatic nitrogens is 1. The Morgan fingerprint density at radius 2 is 1.60 bits per heavy atom. The molecule has 5 N–H and O–H groups in total. The van der Waals surface area contributed by atoms with Crippen molar-refractivity contribution in [3.05, 3.63) is 75.6 Å². The number of hydrogen-bond donors (Lipinski definition) is 5. The number of phenolic OH excluding ortho intramolecular Hbond substituents is 1. The largest absolute Gasteiger partial charge is 0.505 e. The number of phenols is 1. The molecule has 230 valence electrons. The number of carboxylic acid groups (broad SMARTS) is 1. The first-order chi connectivity index (χ1) is 20.7. The zero-order valence-electron chi connectivity index (χ0n) is 25.6. The van der Waals surface area contributed by atoms with E-state index in [4.69, 9.17) is 5.11 Å². The first-order valence-electron chi connectivity index (χ1n) is 14.8. The van der Waals surface area contributed by atoms with Gasteiger partial charge in [0.15, 0.2) is 11.4 Å². The van der Waals surface area contributed by atoms with Crippen LogP contribution in [-0.4, -0.2) is 52.0 Å². The van der Waals surface area contributed by atoms with Crippen LogP contribution in [0.25, 0.3) is 16.8 Å². The Labute approximate surface area is 258 Å². The molecule has 0 spiro atoms. The Balaban J connectivity index is 0.000000440. The number of thiophene rings is 1. The van der Waals surface area contributed by atoms with E-state index in [1.807, 2.05) is 19.2 Å². The molecule has 5 rings (SSSR count). The molecule has 0 bridgehead atoms. The third-order valence-corrected chi connectivity index (χ3v) is 7.81. The number of fused-ring (bicyclic) bond motifs is 1. The molecular formula is C33H43N5O4S. The fourth-order valence-electron chi connectivity index (χ4n) is 4.67. The summed E-state index contributed by atoms with van der Waals surface area (Å²) in [6.07, 6.45) is 5.11. The van der Waals surface area contributed by atoms with E-state index in [0.29, 0.717) is 16.8 Å². The van der Waals surface area contributed by atoms with Crippen LogP contribution in [0, 0.1) is 6.92 Å². The molecule has 0 saturated heterocycles. The number of carbonyl (C=O) groups is 1. The molecule has 0 unspecified atom stereocenters. The maximum atomic E-state index is 11.2. The Morgan fingerprint density at radius 3 is 2.21 bits per heavy atom. The van der Waals surface area contributed by atoms with Crippen LogP contribution in [0.15, 0.2) is 64.3 Å². The molecule has 0 fully saturated rings. The summed E-state index contributed by atoms with van der Waals surface area (Å²) in [4.78, 5) is 11.4. The van der Waals surface area contributed by atoms with Crippen molar-refractivity contribution in [2.75, 3.05) is 26.2 Å². The van der Waals surface area contributed by atoms with Gasteiger partial charge in [-0.05, 0) is 104 Å². The van der Waals surface area contributed by atoms with Crippen molar-refractivity contribution in [2.45, 2.75) is 53.9 Å². The summed E-state index contributed by atoms with van der Waals surface area (Å²) in [6.45, 7) is 14.6. The maximum Gasteiger partial charge on any atom is 0.345 e. The highest BCUT2D eigenvalue weighted by Gasteiger charge is 2.18. The van der Waals surface area contributed by atoms with E-state index >= 15 is 0 Å². The van der Waals surface area contributed by atoms with Gasteiger partial charge in [0.1, 0.15) is 10.6 Å². The van der Waals surface area contributed by atoms with E-state index in [9.17, 15) is 15.0 Å². The van der Waals surface area contributed by atoms with Crippen molar-refractivity contribution >= 4 is 28.7 Å². The van der Waals surface area contributed by atoms with Crippen LogP contribution in [0.3, 0.4) is 0 Å². The second-order valence-electron chi connectivity index (χ2n) is 9.95. The summed E-state index contributed by atoms with van der Waals surface area (Å²) in [6, 6.07) is 12.7. The molecule has 0 radical (unpaired) electrons. The van der Waals surface area contributed by atoms with Crippen LogP contribution in [0.4, 0.5) is 11.4 Å². The van der Waals surface area contributed by atoms with Gasteiger partial charge in [0.05, 0.1) is 0 Å². The lowest BCUT2D eigenvalue weighted by molar-refractivity contribution is 0.0702. The van der Waals surface area contributed by atoms with Crippen molar-refractivity contribution in [1.82, 2.24) is 15.2 Å². The SMILES string of the molecule is CCNCC.CCNCC.Cc1cn(-c2ccc3c(c2)CCC3)c(O)c1N=Nc1cccc(-c2csc(C(=O)O)c2)c1O. The molecule has 2 heterocycles. The number of nitrogens with zero attached hydrogens (tertiary/aromatic N) is 3. The highest BCUT2D eigenvalue weighted by molar-refractivity contribution is 7.12. The van der Waals surface area contributed by atoms with Crippen LogP contribution in [0.5, 0.6) is 11.6 Å². The van der Waals surface area contributed by atoms with Gasteiger partial charge < -0.3 is 26.0 Å². The molecule has 9 nitrogen and oxygen atoms in total. The average Bonchev–Trinajstić information content (AvgIpc) is 3.73. The minimum atomic E-state index is -1.01. The summed E-state index contributed by atoms with van der Waals surface area (Å²) < 4.78 is 1.69. The Kier molecular flexibility index (Phi) is 12.9. The first kappa shape index (κ1) is 33.5. The summed E-state index contributed by atoms with van der Waals surface area (Å²) in [7, 11) is 0. The van der Waals surface area contributed by atoms with Gasteiger partial charge in [-0.3, -0.25) is 4.57 Å². The van der Waals surface area contributed by atoms with Crippen LogP contribution in [0.1, 0.15) is 60.5 Å². The molecule has 0 saturated carbocycles. The fraction of sp³-hybridized carbons (Fsp3) is 0.364. The number of para-hydroxylation sites is 1. The summed E-state index contributed by atoms with van der Waals surface area (Å²) in [5.74, 6) is -1.14. The minimum absolute atomic E-state index is 0.0197. The third-order valence-electron chi connectivity index (χ3n) is 6.89. The lowest BCUT2D eigenvalue weighted by Gasteiger charge is -2.07. The van der Waals surface area contributed by atoms with Crippen LogP contribution < -0.4 is 10.6 Å². The molecule has 0 atom stereocenters. The summed E-state index contributed by atoms with van der Waals surface area (Å²) >= 11 is 1.09. The van der Waals surface area contributed by atoms with Crippen molar-refractivity contribution in [3.63, 3.8) is 0 Å². The zero-order chi connectivity index (χ0) is 31.4. The molecule has 4 aromatic rings. The smallest absolute Gasteiger partial charge is 0.345 e. The summed E-state index contributed by atoms with van der Waals surface area (Å²) in [5, 5.41) is 47.0. The standard InChI is InChI=1S/C25H21N3O4S.2C4H11N/c1-14-12-28(18-9-8-15-4-2-5-16(15)10-18)24(30)22(14)27-26-20-7-3-6-19(23(20)29)17-11-21(25(31)32)33-13-17;2*1-3-5-4-2/h3,6-13,29-30H,2,4-5H2,1H3,(H,31,32);2*5H,3-4H2,1-2H3.